The molecule has 174 valence electrons. The zero-order valence-corrected chi connectivity index (χ0v) is 19.9. The first-order valence-electron chi connectivity index (χ1n) is 11.0. The third-order valence-corrected chi connectivity index (χ3v) is 6.43. The molecule has 2 N–H and O–H groups in total. The van der Waals surface area contributed by atoms with Gasteiger partial charge < -0.3 is 14.9 Å². The molecule has 5 aromatic rings. The van der Waals surface area contributed by atoms with Gasteiger partial charge in [0.1, 0.15) is 5.02 Å². The molecule has 5 rings (SSSR count). The van der Waals surface area contributed by atoms with Crippen LogP contribution in [0.3, 0.4) is 0 Å². The Morgan fingerprint density at radius 1 is 1.00 bits per heavy atom. The molecule has 1 aromatic carbocycles. The molecule has 35 heavy (non-hydrogen) atoms. The maximum atomic E-state index is 12.1. The van der Waals surface area contributed by atoms with Crippen LogP contribution in [0.15, 0.2) is 84.2 Å². The van der Waals surface area contributed by atoms with Crippen molar-refractivity contribution in [3.8, 4) is 22.3 Å². The Balaban J connectivity index is 1.72. The average molecular weight is 484 g/mol. The highest BCUT2D eigenvalue weighted by Gasteiger charge is 2.19. The van der Waals surface area contributed by atoms with Crippen molar-refractivity contribution in [2.24, 2.45) is 12.8 Å². The molecule has 0 aliphatic rings. The van der Waals surface area contributed by atoms with E-state index in [1.54, 1.807) is 43.8 Å². The van der Waals surface area contributed by atoms with E-state index in [0.717, 1.165) is 39.0 Å². The van der Waals surface area contributed by atoms with E-state index in [0.29, 0.717) is 5.56 Å². The molecule has 0 aliphatic carbocycles. The Labute approximate surface area is 206 Å². The first-order valence-corrected chi connectivity index (χ1v) is 11.4. The first-order chi connectivity index (χ1) is 16.8. The van der Waals surface area contributed by atoms with Crippen LogP contribution in [0, 0.1) is 0 Å². The number of pyridine rings is 3. The van der Waals surface area contributed by atoms with E-state index in [4.69, 9.17) is 22.3 Å². The van der Waals surface area contributed by atoms with E-state index in [-0.39, 0.29) is 16.6 Å². The minimum atomic E-state index is -0.471. The number of hydrogen-bond donors (Lipinski definition) is 1. The first kappa shape index (κ1) is 22.6. The lowest BCUT2D eigenvalue weighted by atomic mass is 10.0. The Morgan fingerprint density at radius 2 is 1.77 bits per heavy atom. The lowest BCUT2D eigenvalue weighted by molar-refractivity contribution is 0.100. The van der Waals surface area contributed by atoms with Crippen molar-refractivity contribution in [1.82, 2.24) is 19.1 Å². The monoisotopic (exact) mass is 483 g/mol. The third kappa shape index (κ3) is 4.11. The fourth-order valence-corrected chi connectivity index (χ4v) is 4.48. The van der Waals surface area contributed by atoms with Gasteiger partial charge in [-0.3, -0.25) is 19.6 Å². The predicted octanol–water partition coefficient (Wildman–Crippen LogP) is 4.83. The number of benzene rings is 1. The summed E-state index contributed by atoms with van der Waals surface area (Å²) in [5.74, 6) is -0.471. The summed E-state index contributed by atoms with van der Waals surface area (Å²) in [6, 6.07) is 16.6. The van der Waals surface area contributed by atoms with Gasteiger partial charge in [-0.15, -0.1) is 0 Å². The number of aryl methyl sites for hydroxylation is 1. The quantitative estimate of drug-likeness (QED) is 0.387. The van der Waals surface area contributed by atoms with Gasteiger partial charge in [-0.1, -0.05) is 29.8 Å². The van der Waals surface area contributed by atoms with Gasteiger partial charge in [-0.05, 0) is 48.9 Å². The van der Waals surface area contributed by atoms with E-state index >= 15 is 0 Å². The Kier molecular flexibility index (Phi) is 5.70. The van der Waals surface area contributed by atoms with Gasteiger partial charge in [0.2, 0.25) is 5.91 Å². The zero-order valence-electron chi connectivity index (χ0n) is 19.1. The van der Waals surface area contributed by atoms with E-state index in [9.17, 15) is 9.59 Å². The molecule has 0 fully saturated rings. The van der Waals surface area contributed by atoms with Crippen molar-refractivity contribution in [3.63, 3.8) is 0 Å². The topological polar surface area (TPSA) is 95.8 Å². The molecule has 0 unspecified atom stereocenters. The predicted molar refractivity (Wildman–Crippen MR) is 137 cm³/mol. The van der Waals surface area contributed by atoms with Crippen LogP contribution in [0.5, 0.6) is 0 Å². The van der Waals surface area contributed by atoms with Crippen molar-refractivity contribution in [3.05, 3.63) is 106 Å². The standard InChI is InChI=1S/C27H22ClN5O2/c1-16(23-5-3-4-10-30-23)33-15-21(17-6-8-18(9-7-17)26(29)34)25-24(33)12-19(13-31-25)20-11-22(28)27(35)32(2)14-20/h3-16H,1-2H3,(H2,29,34)/t16-/m0/s1. The molecule has 0 aliphatic heterocycles. The Hall–Kier alpha value is -4.23. The number of fused-ring (bicyclic) bond motifs is 1. The number of hydrogen-bond acceptors (Lipinski definition) is 4. The Morgan fingerprint density at radius 3 is 2.43 bits per heavy atom. The van der Waals surface area contributed by atoms with Crippen LogP contribution in [0.4, 0.5) is 0 Å². The third-order valence-electron chi connectivity index (χ3n) is 6.16. The van der Waals surface area contributed by atoms with Gasteiger partial charge in [-0.2, -0.15) is 0 Å². The summed E-state index contributed by atoms with van der Waals surface area (Å²) in [5, 5.41) is 0.151. The molecule has 0 saturated heterocycles. The van der Waals surface area contributed by atoms with Crippen molar-refractivity contribution >= 4 is 28.5 Å². The van der Waals surface area contributed by atoms with Gasteiger partial charge in [0, 0.05) is 54.1 Å². The number of halogens is 1. The second-order valence-electron chi connectivity index (χ2n) is 8.41. The maximum absolute atomic E-state index is 12.1. The zero-order chi connectivity index (χ0) is 24.7. The van der Waals surface area contributed by atoms with Crippen LogP contribution in [0.2, 0.25) is 5.02 Å². The maximum Gasteiger partial charge on any atom is 0.269 e. The van der Waals surface area contributed by atoms with Crippen LogP contribution >= 0.6 is 11.6 Å². The van der Waals surface area contributed by atoms with Crippen LogP contribution < -0.4 is 11.3 Å². The fraction of sp³-hybridized carbons (Fsp3) is 0.111. The van der Waals surface area contributed by atoms with E-state index in [1.807, 2.05) is 42.6 Å². The second-order valence-corrected chi connectivity index (χ2v) is 8.81. The number of carbonyl (C=O) groups is 1. The molecule has 0 radical (unpaired) electrons. The molecule has 4 heterocycles. The van der Waals surface area contributed by atoms with Gasteiger partial charge in [-0.25, -0.2) is 0 Å². The summed E-state index contributed by atoms with van der Waals surface area (Å²) in [5.41, 5.74) is 11.7. The minimum Gasteiger partial charge on any atom is -0.366 e. The molecule has 7 nitrogen and oxygen atoms in total. The highest BCUT2D eigenvalue weighted by molar-refractivity contribution is 6.30. The molecular weight excluding hydrogens is 462 g/mol. The average Bonchev–Trinajstić information content (AvgIpc) is 3.26. The van der Waals surface area contributed by atoms with Crippen LogP contribution in [-0.2, 0) is 7.05 Å². The van der Waals surface area contributed by atoms with Crippen molar-refractivity contribution in [2.45, 2.75) is 13.0 Å². The molecule has 8 heteroatoms. The molecule has 0 saturated carbocycles. The summed E-state index contributed by atoms with van der Waals surface area (Å²) < 4.78 is 3.60. The minimum absolute atomic E-state index is 0.0712. The summed E-state index contributed by atoms with van der Waals surface area (Å²) in [7, 11) is 1.67. The lowest BCUT2D eigenvalue weighted by Gasteiger charge is -2.15. The van der Waals surface area contributed by atoms with Crippen molar-refractivity contribution in [1.29, 1.82) is 0 Å². The number of rotatable bonds is 5. The van der Waals surface area contributed by atoms with Crippen molar-refractivity contribution in [2.75, 3.05) is 0 Å². The van der Waals surface area contributed by atoms with Gasteiger partial charge >= 0.3 is 0 Å². The summed E-state index contributed by atoms with van der Waals surface area (Å²) in [6.45, 7) is 2.08. The summed E-state index contributed by atoms with van der Waals surface area (Å²) in [4.78, 5) is 32.9. The fourth-order valence-electron chi connectivity index (χ4n) is 4.23. The highest BCUT2D eigenvalue weighted by Crippen LogP contribution is 2.35. The SMILES string of the molecule is C[C@@H](c1ccccn1)n1cc(-c2ccc(C(N)=O)cc2)c2ncc(-c3cc(Cl)c(=O)n(C)c3)cc21. The Bertz CT molecular complexity index is 1600. The van der Waals surface area contributed by atoms with Gasteiger partial charge in [0.05, 0.1) is 22.8 Å². The van der Waals surface area contributed by atoms with Gasteiger partial charge in [0.25, 0.3) is 5.56 Å². The smallest absolute Gasteiger partial charge is 0.269 e. The lowest BCUT2D eigenvalue weighted by Crippen LogP contribution is -2.16. The van der Waals surface area contributed by atoms with Crippen LogP contribution in [0.25, 0.3) is 33.3 Å². The molecule has 0 spiro atoms. The molecule has 1 amide bonds. The normalized spacial score (nSPS) is 12.1. The second kappa shape index (κ2) is 8.85. The summed E-state index contributed by atoms with van der Waals surface area (Å²) in [6.07, 6.45) is 7.34. The molecule has 4 aromatic heterocycles. The van der Waals surface area contributed by atoms with E-state index in [1.165, 1.54) is 4.57 Å². The number of nitrogens with two attached hydrogens (primary N) is 1. The van der Waals surface area contributed by atoms with Gasteiger partial charge in [0.15, 0.2) is 0 Å². The van der Waals surface area contributed by atoms with Crippen LogP contribution in [0.1, 0.15) is 29.0 Å². The molecule has 1 atom stereocenters. The van der Waals surface area contributed by atoms with E-state index in [2.05, 4.69) is 16.5 Å². The number of aromatic nitrogens is 4. The van der Waals surface area contributed by atoms with E-state index < -0.39 is 5.91 Å². The van der Waals surface area contributed by atoms with Crippen LogP contribution in [-0.4, -0.2) is 25.0 Å². The van der Waals surface area contributed by atoms with Crippen molar-refractivity contribution < 1.29 is 4.79 Å². The number of nitrogens with zero attached hydrogens (tertiary/aromatic N) is 4. The number of carbonyl (C=O) groups excluding carboxylic acids is 1. The highest BCUT2D eigenvalue weighted by atomic mass is 35.5. The molecule has 0 bridgehead atoms. The molecular formula is C27H22ClN5O2. The summed E-state index contributed by atoms with van der Waals surface area (Å²) >= 11 is 6.17. The number of primary amides is 1. The largest absolute Gasteiger partial charge is 0.366 e. The number of amides is 1.